The zero-order chi connectivity index (χ0) is 16.2. The predicted octanol–water partition coefficient (Wildman–Crippen LogP) is 2.98. The van der Waals surface area contributed by atoms with Crippen molar-refractivity contribution in [3.05, 3.63) is 35.4 Å². The Bertz CT molecular complexity index is 483. The van der Waals surface area contributed by atoms with E-state index in [1.54, 1.807) is 6.92 Å². The Balaban J connectivity index is 2.76. The minimum Gasteiger partial charge on any atom is -0.388 e. The maximum Gasteiger partial charge on any atom is 0.227 e. The van der Waals surface area contributed by atoms with Crippen molar-refractivity contribution in [3.63, 3.8) is 0 Å². The molecule has 1 aromatic carbocycles. The van der Waals surface area contributed by atoms with Crippen LogP contribution >= 0.6 is 0 Å². The van der Waals surface area contributed by atoms with Crippen LogP contribution in [0.3, 0.4) is 0 Å². The average Bonchev–Trinajstić information content (AvgIpc) is 2.43. The summed E-state index contributed by atoms with van der Waals surface area (Å²) < 4.78 is 27.3. The Morgan fingerprint density at radius 2 is 1.86 bits per heavy atom. The molecule has 0 aliphatic rings. The fraction of sp³-hybridized carbons (Fsp3) is 0.562. The normalized spacial score (nSPS) is 16.9. The molecular formula is C16H23F2NO2. The Hall–Kier alpha value is -1.49. The van der Waals surface area contributed by atoms with E-state index in [4.69, 9.17) is 0 Å². The van der Waals surface area contributed by atoms with Crippen molar-refractivity contribution in [1.82, 2.24) is 5.32 Å². The molecule has 0 aliphatic heterocycles. The topological polar surface area (TPSA) is 49.3 Å². The molecule has 5 heteroatoms. The maximum absolute atomic E-state index is 13.6. The van der Waals surface area contributed by atoms with E-state index in [0.29, 0.717) is 0 Å². The first-order valence-corrected chi connectivity index (χ1v) is 7.14. The molecule has 0 saturated heterocycles. The summed E-state index contributed by atoms with van der Waals surface area (Å²) in [6, 6.07) is 3.50. The van der Waals surface area contributed by atoms with E-state index in [0.717, 1.165) is 18.6 Å². The highest BCUT2D eigenvalue weighted by molar-refractivity contribution is 5.83. The van der Waals surface area contributed by atoms with Gasteiger partial charge in [-0.05, 0) is 31.9 Å². The Morgan fingerprint density at radius 1 is 1.33 bits per heavy atom. The van der Waals surface area contributed by atoms with Gasteiger partial charge in [-0.15, -0.1) is 0 Å². The van der Waals surface area contributed by atoms with Crippen molar-refractivity contribution < 1.29 is 18.7 Å². The first-order chi connectivity index (χ1) is 9.70. The summed E-state index contributed by atoms with van der Waals surface area (Å²) in [4.78, 5) is 12.0. The number of halogens is 2. The average molecular weight is 299 g/mol. The van der Waals surface area contributed by atoms with Crippen LogP contribution in [0.5, 0.6) is 0 Å². The van der Waals surface area contributed by atoms with Crippen molar-refractivity contribution in [2.45, 2.75) is 45.6 Å². The molecular weight excluding hydrogens is 276 g/mol. The third kappa shape index (κ3) is 4.24. The molecule has 0 aromatic heterocycles. The number of aliphatic hydroxyl groups is 1. The molecule has 1 rings (SSSR count). The number of hydrogen-bond donors (Lipinski definition) is 2. The lowest BCUT2D eigenvalue weighted by Crippen LogP contribution is -2.46. The largest absolute Gasteiger partial charge is 0.388 e. The van der Waals surface area contributed by atoms with Gasteiger partial charge in [0.2, 0.25) is 5.91 Å². The lowest BCUT2D eigenvalue weighted by molar-refractivity contribution is -0.124. The molecule has 1 aromatic rings. The standard InChI is InChI=1S/C16H23F2NO2/c1-5-10(2)16(4,21)9-19-15(20)11(3)14-12(17)7-6-8-13(14)18/h6-8,10-11,21H,5,9H2,1-4H3,(H,19,20). The second kappa shape index (κ2) is 6.98. The molecule has 0 fully saturated rings. The first kappa shape index (κ1) is 17.6. The number of carbonyl (C=O) groups excluding carboxylic acids is 1. The van der Waals surface area contributed by atoms with Crippen LogP contribution in [0.4, 0.5) is 8.78 Å². The third-order valence-corrected chi connectivity index (χ3v) is 4.12. The van der Waals surface area contributed by atoms with Crippen molar-refractivity contribution in [2.24, 2.45) is 5.92 Å². The summed E-state index contributed by atoms with van der Waals surface area (Å²) >= 11 is 0. The van der Waals surface area contributed by atoms with Gasteiger partial charge in [0.25, 0.3) is 0 Å². The molecule has 0 aliphatic carbocycles. The number of hydrogen-bond acceptors (Lipinski definition) is 2. The van der Waals surface area contributed by atoms with E-state index in [1.165, 1.54) is 13.0 Å². The molecule has 118 valence electrons. The van der Waals surface area contributed by atoms with Crippen molar-refractivity contribution in [2.75, 3.05) is 6.54 Å². The SMILES string of the molecule is CCC(C)C(C)(O)CNC(=O)C(C)c1c(F)cccc1F. The van der Waals surface area contributed by atoms with E-state index in [1.807, 2.05) is 13.8 Å². The van der Waals surface area contributed by atoms with Gasteiger partial charge in [0.05, 0.1) is 11.5 Å². The van der Waals surface area contributed by atoms with Crippen LogP contribution in [0.2, 0.25) is 0 Å². The monoisotopic (exact) mass is 299 g/mol. The van der Waals surface area contributed by atoms with Crippen molar-refractivity contribution in [3.8, 4) is 0 Å². The number of carbonyl (C=O) groups is 1. The van der Waals surface area contributed by atoms with E-state index >= 15 is 0 Å². The maximum atomic E-state index is 13.6. The highest BCUT2D eigenvalue weighted by Gasteiger charge is 2.29. The molecule has 0 radical (unpaired) electrons. The number of amides is 1. The van der Waals surface area contributed by atoms with E-state index in [9.17, 15) is 18.7 Å². The van der Waals surface area contributed by atoms with E-state index in [-0.39, 0.29) is 18.0 Å². The van der Waals surface area contributed by atoms with Crippen LogP contribution in [0.1, 0.15) is 45.6 Å². The summed E-state index contributed by atoms with van der Waals surface area (Å²) in [6.45, 7) is 6.94. The fourth-order valence-corrected chi connectivity index (χ4v) is 2.09. The molecule has 0 heterocycles. The Labute approximate surface area is 124 Å². The minimum atomic E-state index is -1.06. The van der Waals surface area contributed by atoms with E-state index < -0.39 is 29.1 Å². The second-order valence-corrected chi connectivity index (χ2v) is 5.74. The van der Waals surface area contributed by atoms with Crippen LogP contribution in [-0.4, -0.2) is 23.2 Å². The second-order valence-electron chi connectivity index (χ2n) is 5.74. The zero-order valence-electron chi connectivity index (χ0n) is 12.9. The molecule has 3 atom stereocenters. The van der Waals surface area contributed by atoms with Gasteiger partial charge in [-0.3, -0.25) is 4.79 Å². The molecule has 21 heavy (non-hydrogen) atoms. The number of benzene rings is 1. The van der Waals surface area contributed by atoms with Gasteiger partial charge in [0, 0.05) is 12.1 Å². The summed E-state index contributed by atoms with van der Waals surface area (Å²) in [7, 11) is 0. The highest BCUT2D eigenvalue weighted by atomic mass is 19.1. The first-order valence-electron chi connectivity index (χ1n) is 7.14. The van der Waals surface area contributed by atoms with Crippen molar-refractivity contribution >= 4 is 5.91 Å². The quantitative estimate of drug-likeness (QED) is 0.848. The summed E-state index contributed by atoms with van der Waals surface area (Å²) in [5.41, 5.74) is -1.31. The van der Waals surface area contributed by atoms with E-state index in [2.05, 4.69) is 5.32 Å². The van der Waals surface area contributed by atoms with Crippen LogP contribution in [0.25, 0.3) is 0 Å². The van der Waals surface area contributed by atoms with Gasteiger partial charge >= 0.3 is 0 Å². The van der Waals surface area contributed by atoms with Crippen LogP contribution in [-0.2, 0) is 4.79 Å². The van der Waals surface area contributed by atoms with Crippen LogP contribution in [0.15, 0.2) is 18.2 Å². The molecule has 1 amide bonds. The lowest BCUT2D eigenvalue weighted by Gasteiger charge is -2.30. The number of nitrogens with one attached hydrogen (secondary N) is 1. The predicted molar refractivity (Wildman–Crippen MR) is 77.9 cm³/mol. The number of rotatable bonds is 6. The molecule has 0 bridgehead atoms. The smallest absolute Gasteiger partial charge is 0.227 e. The van der Waals surface area contributed by atoms with Crippen LogP contribution < -0.4 is 5.32 Å². The fourth-order valence-electron chi connectivity index (χ4n) is 2.09. The molecule has 3 nitrogen and oxygen atoms in total. The van der Waals surface area contributed by atoms with Gasteiger partial charge in [-0.2, -0.15) is 0 Å². The lowest BCUT2D eigenvalue weighted by atomic mass is 9.88. The van der Waals surface area contributed by atoms with Gasteiger partial charge in [-0.1, -0.05) is 26.3 Å². The Morgan fingerprint density at radius 3 is 2.33 bits per heavy atom. The van der Waals surface area contributed by atoms with Gasteiger partial charge in [0.1, 0.15) is 11.6 Å². The molecule has 2 N–H and O–H groups in total. The molecule has 0 saturated carbocycles. The van der Waals surface area contributed by atoms with Gasteiger partial charge < -0.3 is 10.4 Å². The molecule has 0 spiro atoms. The van der Waals surface area contributed by atoms with Gasteiger partial charge in [-0.25, -0.2) is 8.78 Å². The zero-order valence-corrected chi connectivity index (χ0v) is 12.9. The third-order valence-electron chi connectivity index (χ3n) is 4.12. The summed E-state index contributed by atoms with van der Waals surface area (Å²) in [5, 5.41) is 12.8. The minimum absolute atomic E-state index is 0.00157. The van der Waals surface area contributed by atoms with Gasteiger partial charge in [0.15, 0.2) is 0 Å². The molecule has 3 unspecified atom stereocenters. The Kier molecular flexibility index (Phi) is 5.84. The summed E-state index contributed by atoms with van der Waals surface area (Å²) in [6.07, 6.45) is 0.764. The summed E-state index contributed by atoms with van der Waals surface area (Å²) in [5.74, 6) is -2.96. The van der Waals surface area contributed by atoms with Crippen LogP contribution in [0, 0.1) is 17.6 Å². The highest BCUT2D eigenvalue weighted by Crippen LogP contribution is 2.23. The van der Waals surface area contributed by atoms with Crippen molar-refractivity contribution in [1.29, 1.82) is 0 Å².